The number of amides is 2. The van der Waals surface area contributed by atoms with E-state index >= 15 is 0 Å². The number of imide groups is 1. The zero-order chi connectivity index (χ0) is 22.7. The molecule has 0 atom stereocenters. The van der Waals surface area contributed by atoms with Crippen LogP contribution in [0.5, 0.6) is 5.75 Å². The first-order chi connectivity index (χ1) is 15.4. The second kappa shape index (κ2) is 9.77. The van der Waals surface area contributed by atoms with Gasteiger partial charge >= 0.3 is 0 Å². The minimum absolute atomic E-state index is 0.0768. The summed E-state index contributed by atoms with van der Waals surface area (Å²) >= 11 is 12.9. The van der Waals surface area contributed by atoms with Gasteiger partial charge in [-0.15, -0.1) is 0 Å². The molecule has 0 aliphatic carbocycles. The van der Waals surface area contributed by atoms with Gasteiger partial charge in [-0.25, -0.2) is 4.39 Å². The number of carbonyl (C=O) groups excluding carboxylic acids is 2. The largest absolute Gasteiger partial charge is 0.488 e. The number of benzene rings is 3. The Balaban J connectivity index is 1.54. The molecule has 1 heterocycles. The van der Waals surface area contributed by atoms with Crippen molar-refractivity contribution in [3.05, 3.63) is 104 Å². The summed E-state index contributed by atoms with van der Waals surface area (Å²) in [5.74, 6) is -0.419. The van der Waals surface area contributed by atoms with Crippen LogP contribution in [-0.2, 0) is 17.9 Å². The molecule has 162 valence electrons. The summed E-state index contributed by atoms with van der Waals surface area (Å²) in [4.78, 5) is 26.8. The summed E-state index contributed by atoms with van der Waals surface area (Å²) in [6.45, 7) is 0.0547. The second-order valence-corrected chi connectivity index (χ2v) is 8.76. The van der Waals surface area contributed by atoms with Crippen molar-refractivity contribution in [2.45, 2.75) is 13.2 Å². The molecule has 1 aliphatic heterocycles. The molecule has 3 aromatic rings. The standard InChI is InChI=1S/C24H16Cl2FNO3S/c25-17-7-3-5-15(11-17)13-28-23(29)22(32-24(28)30)12-16-6-1-2-10-21(16)31-14-18-19(26)8-4-9-20(18)27/h1-12H,13-14H2/b22-12-. The van der Waals surface area contributed by atoms with Gasteiger partial charge < -0.3 is 4.74 Å². The van der Waals surface area contributed by atoms with Gasteiger partial charge in [0.1, 0.15) is 18.2 Å². The van der Waals surface area contributed by atoms with Crippen molar-refractivity contribution >= 4 is 52.2 Å². The predicted octanol–water partition coefficient (Wildman–Crippen LogP) is 6.95. The number of hydrogen-bond acceptors (Lipinski definition) is 4. The predicted molar refractivity (Wildman–Crippen MR) is 125 cm³/mol. The van der Waals surface area contributed by atoms with Crippen LogP contribution in [0.1, 0.15) is 16.7 Å². The highest BCUT2D eigenvalue weighted by atomic mass is 35.5. The number of thioether (sulfide) groups is 1. The summed E-state index contributed by atoms with van der Waals surface area (Å²) in [6, 6.07) is 18.4. The van der Waals surface area contributed by atoms with E-state index in [9.17, 15) is 14.0 Å². The first kappa shape index (κ1) is 22.4. The molecule has 0 N–H and O–H groups in total. The Morgan fingerprint density at radius 2 is 1.78 bits per heavy atom. The highest BCUT2D eigenvalue weighted by Gasteiger charge is 2.35. The molecule has 0 saturated carbocycles. The van der Waals surface area contributed by atoms with Crippen LogP contribution >= 0.6 is 35.0 Å². The number of halogens is 3. The van der Waals surface area contributed by atoms with E-state index in [0.717, 1.165) is 17.3 Å². The summed E-state index contributed by atoms with van der Waals surface area (Å²) in [5, 5.41) is 0.438. The minimum Gasteiger partial charge on any atom is -0.488 e. The van der Waals surface area contributed by atoms with Crippen LogP contribution in [0.25, 0.3) is 6.08 Å². The zero-order valence-corrected chi connectivity index (χ0v) is 18.9. The van der Waals surface area contributed by atoms with Crippen LogP contribution in [0.15, 0.2) is 71.6 Å². The Kier molecular flexibility index (Phi) is 6.84. The van der Waals surface area contributed by atoms with E-state index in [-0.39, 0.29) is 33.9 Å². The lowest BCUT2D eigenvalue weighted by Gasteiger charge is -2.13. The van der Waals surface area contributed by atoms with Crippen molar-refractivity contribution in [3.63, 3.8) is 0 Å². The quantitative estimate of drug-likeness (QED) is 0.353. The van der Waals surface area contributed by atoms with E-state index in [1.807, 2.05) is 0 Å². The van der Waals surface area contributed by atoms with Crippen molar-refractivity contribution in [2.75, 3.05) is 0 Å². The maximum absolute atomic E-state index is 14.0. The van der Waals surface area contributed by atoms with Gasteiger partial charge in [0.05, 0.1) is 16.5 Å². The van der Waals surface area contributed by atoms with E-state index in [1.165, 1.54) is 17.0 Å². The van der Waals surface area contributed by atoms with Gasteiger partial charge in [0.25, 0.3) is 11.1 Å². The van der Waals surface area contributed by atoms with Crippen LogP contribution in [0.2, 0.25) is 10.0 Å². The van der Waals surface area contributed by atoms with Gasteiger partial charge in [-0.2, -0.15) is 0 Å². The highest BCUT2D eigenvalue weighted by molar-refractivity contribution is 8.18. The third-order valence-corrected chi connectivity index (χ3v) is 6.24. The van der Waals surface area contributed by atoms with E-state index < -0.39 is 11.7 Å². The molecule has 0 unspecified atom stereocenters. The molecule has 1 fully saturated rings. The van der Waals surface area contributed by atoms with E-state index in [0.29, 0.717) is 16.3 Å². The van der Waals surface area contributed by atoms with Gasteiger partial charge in [0.2, 0.25) is 0 Å². The van der Waals surface area contributed by atoms with Crippen LogP contribution in [-0.4, -0.2) is 16.0 Å². The van der Waals surface area contributed by atoms with Gasteiger partial charge in [0, 0.05) is 16.1 Å². The van der Waals surface area contributed by atoms with Crippen molar-refractivity contribution in [1.82, 2.24) is 4.90 Å². The first-order valence-electron chi connectivity index (χ1n) is 9.57. The molecule has 2 amide bonds. The smallest absolute Gasteiger partial charge is 0.293 e. The van der Waals surface area contributed by atoms with Crippen LogP contribution in [0.4, 0.5) is 9.18 Å². The Morgan fingerprint density at radius 1 is 1.00 bits per heavy atom. The zero-order valence-electron chi connectivity index (χ0n) is 16.6. The van der Waals surface area contributed by atoms with Gasteiger partial charge in [-0.1, -0.05) is 59.6 Å². The number of carbonyl (C=O) groups is 2. The Hall–Kier alpha value is -2.80. The van der Waals surface area contributed by atoms with Crippen LogP contribution in [0.3, 0.4) is 0 Å². The Labute approximate surface area is 198 Å². The lowest BCUT2D eigenvalue weighted by Crippen LogP contribution is -2.27. The molecule has 3 aromatic carbocycles. The van der Waals surface area contributed by atoms with E-state index in [2.05, 4.69) is 0 Å². The number of para-hydroxylation sites is 1. The van der Waals surface area contributed by atoms with Gasteiger partial charge in [-0.05, 0) is 53.7 Å². The minimum atomic E-state index is -0.461. The molecule has 4 nitrogen and oxygen atoms in total. The second-order valence-electron chi connectivity index (χ2n) is 6.92. The third kappa shape index (κ3) is 4.99. The van der Waals surface area contributed by atoms with Crippen LogP contribution in [0, 0.1) is 5.82 Å². The summed E-state index contributed by atoms with van der Waals surface area (Å²) < 4.78 is 19.8. The topological polar surface area (TPSA) is 46.6 Å². The SMILES string of the molecule is O=C1S/C(=C\c2ccccc2OCc2c(F)cccc2Cl)C(=O)N1Cc1cccc(Cl)c1. The maximum atomic E-state index is 14.0. The normalized spacial score (nSPS) is 15.0. The summed E-state index contributed by atoms with van der Waals surface area (Å²) in [5.41, 5.74) is 1.59. The maximum Gasteiger partial charge on any atom is 0.293 e. The molecule has 0 bridgehead atoms. The molecule has 0 aromatic heterocycles. The van der Waals surface area contributed by atoms with Crippen molar-refractivity contribution in [3.8, 4) is 5.75 Å². The number of hydrogen-bond donors (Lipinski definition) is 0. The van der Waals surface area contributed by atoms with Crippen molar-refractivity contribution in [2.24, 2.45) is 0 Å². The Morgan fingerprint density at radius 3 is 2.56 bits per heavy atom. The Bertz CT molecular complexity index is 1210. The molecule has 32 heavy (non-hydrogen) atoms. The number of nitrogens with zero attached hydrogens (tertiary/aromatic N) is 1. The molecule has 1 aliphatic rings. The molecule has 0 radical (unpaired) electrons. The summed E-state index contributed by atoms with van der Waals surface area (Å²) in [7, 11) is 0. The van der Waals surface area contributed by atoms with Crippen molar-refractivity contribution in [1.29, 1.82) is 0 Å². The fraction of sp³-hybridized carbons (Fsp3) is 0.0833. The van der Waals surface area contributed by atoms with Gasteiger partial charge in [-0.3, -0.25) is 14.5 Å². The monoisotopic (exact) mass is 487 g/mol. The van der Waals surface area contributed by atoms with Gasteiger partial charge in [0.15, 0.2) is 0 Å². The average Bonchev–Trinajstić information content (AvgIpc) is 3.02. The fourth-order valence-corrected chi connectivity index (χ4v) is 4.41. The molecule has 4 rings (SSSR count). The van der Waals surface area contributed by atoms with Crippen molar-refractivity contribution < 1.29 is 18.7 Å². The highest BCUT2D eigenvalue weighted by Crippen LogP contribution is 2.35. The number of ether oxygens (including phenoxy) is 1. The van der Waals surface area contributed by atoms with E-state index in [1.54, 1.807) is 60.7 Å². The average molecular weight is 488 g/mol. The first-order valence-corrected chi connectivity index (χ1v) is 11.1. The molecular formula is C24H16Cl2FNO3S. The fourth-order valence-electron chi connectivity index (χ4n) is 3.15. The molecule has 1 saturated heterocycles. The summed E-state index contributed by atoms with van der Waals surface area (Å²) in [6.07, 6.45) is 1.60. The number of rotatable bonds is 6. The lowest BCUT2D eigenvalue weighted by molar-refractivity contribution is -0.123. The lowest BCUT2D eigenvalue weighted by atomic mass is 10.1. The molecular weight excluding hydrogens is 472 g/mol. The van der Waals surface area contributed by atoms with Crippen LogP contribution < -0.4 is 4.74 Å². The third-order valence-electron chi connectivity index (χ3n) is 4.74. The molecule has 0 spiro atoms. The molecule has 8 heteroatoms. The van der Waals surface area contributed by atoms with E-state index in [4.69, 9.17) is 27.9 Å².